The van der Waals surface area contributed by atoms with Crippen molar-refractivity contribution in [2.75, 3.05) is 6.54 Å². The maximum absolute atomic E-state index is 15.2. The van der Waals surface area contributed by atoms with Crippen molar-refractivity contribution < 1.29 is 59.4 Å². The second kappa shape index (κ2) is 17.8. The Morgan fingerprint density at radius 3 is 1.53 bits per heavy atom. The second-order valence-electron chi connectivity index (χ2n) is 12.3. The van der Waals surface area contributed by atoms with Gasteiger partial charge >= 0.3 is 11.8 Å². The maximum Gasteiger partial charge on any atom is 0.351 e. The van der Waals surface area contributed by atoms with Crippen LogP contribution in [0.5, 0.6) is 23.0 Å². The molecule has 0 radical (unpaired) electrons. The first kappa shape index (κ1) is 43.4. The van der Waals surface area contributed by atoms with Gasteiger partial charge in [0.05, 0.1) is 31.1 Å². The van der Waals surface area contributed by atoms with E-state index in [0.717, 1.165) is 36.7 Å². The molecule has 0 bridgehead atoms. The van der Waals surface area contributed by atoms with Crippen molar-refractivity contribution in [1.29, 1.82) is 0 Å². The number of aliphatic hydroxyl groups is 1. The van der Waals surface area contributed by atoms with Gasteiger partial charge in [-0.15, -0.1) is 0 Å². The van der Waals surface area contributed by atoms with E-state index in [9.17, 15) is 46.4 Å². The largest absolute Gasteiger partial charge is 0.456 e. The van der Waals surface area contributed by atoms with Gasteiger partial charge in [-0.25, -0.2) is 27.3 Å². The van der Waals surface area contributed by atoms with Gasteiger partial charge in [-0.05, 0) is 72.8 Å². The van der Waals surface area contributed by atoms with Crippen LogP contribution in [0.1, 0.15) is 27.3 Å². The van der Waals surface area contributed by atoms with Gasteiger partial charge in [0.2, 0.25) is 17.9 Å². The molecule has 19 heteroatoms. The molecule has 4 aromatic carbocycles. The highest BCUT2D eigenvalue weighted by molar-refractivity contribution is 6.01. The standard InChI is InChI=1S/C21H13F4N3O4.C20H10F4N2O2/c1-26-14-3-5-15(6-4-14)32-16-7-9-19(27-11-16)21(24,25)20(29,12-28(30)31)17-8-2-13(22)10-18(17)23;1-25-13-3-5-14(6-4-13)28-15-7-9-18(26-11-15)20(23,24)19(27)16-8-2-12(21)10-17(16)22/h2-11,29H,12H2;2-11H. The molecule has 0 saturated carbocycles. The van der Waals surface area contributed by atoms with E-state index in [0.29, 0.717) is 41.4 Å². The van der Waals surface area contributed by atoms with E-state index in [2.05, 4.69) is 19.7 Å². The molecule has 2 aromatic heterocycles. The summed E-state index contributed by atoms with van der Waals surface area (Å²) in [5.41, 5.74) is -6.97. The Balaban J connectivity index is 0.000000230. The lowest BCUT2D eigenvalue weighted by molar-refractivity contribution is -0.514. The minimum Gasteiger partial charge on any atom is -0.456 e. The third-order valence-electron chi connectivity index (χ3n) is 8.23. The lowest BCUT2D eigenvalue weighted by atomic mass is 9.84. The molecule has 0 amide bonds. The normalized spacial score (nSPS) is 12.1. The van der Waals surface area contributed by atoms with Gasteiger partial charge in [-0.3, -0.25) is 24.9 Å². The molecule has 0 aliphatic rings. The van der Waals surface area contributed by atoms with Crippen LogP contribution in [-0.4, -0.2) is 32.3 Å². The Kier molecular flexibility index (Phi) is 12.9. The van der Waals surface area contributed by atoms with E-state index in [1.165, 1.54) is 54.6 Å². The van der Waals surface area contributed by atoms with Crippen LogP contribution in [0, 0.1) is 46.5 Å². The third-order valence-corrected chi connectivity index (χ3v) is 8.23. The molecule has 0 aliphatic carbocycles. The highest BCUT2D eigenvalue weighted by Gasteiger charge is 2.61. The third kappa shape index (κ3) is 9.67. The van der Waals surface area contributed by atoms with Gasteiger partial charge in [0.1, 0.15) is 57.7 Å². The van der Waals surface area contributed by atoms with Crippen molar-refractivity contribution >= 4 is 17.2 Å². The molecule has 2 heterocycles. The van der Waals surface area contributed by atoms with E-state index in [4.69, 9.17) is 22.6 Å². The highest BCUT2D eigenvalue weighted by atomic mass is 19.3. The summed E-state index contributed by atoms with van der Waals surface area (Å²) in [4.78, 5) is 35.3. The van der Waals surface area contributed by atoms with Crippen LogP contribution in [0.3, 0.4) is 0 Å². The van der Waals surface area contributed by atoms with Crippen molar-refractivity contribution in [2.45, 2.75) is 17.4 Å². The van der Waals surface area contributed by atoms with Gasteiger partial charge in [-0.1, -0.05) is 24.3 Å². The predicted molar refractivity (Wildman–Crippen MR) is 195 cm³/mol. The predicted octanol–water partition coefficient (Wildman–Crippen LogP) is 10.6. The summed E-state index contributed by atoms with van der Waals surface area (Å²) >= 11 is 0. The Labute approximate surface area is 333 Å². The van der Waals surface area contributed by atoms with Crippen LogP contribution >= 0.6 is 0 Å². The molecule has 0 fully saturated rings. The highest BCUT2D eigenvalue weighted by Crippen LogP contribution is 2.46. The molecule has 0 saturated heterocycles. The van der Waals surface area contributed by atoms with Gasteiger partial charge < -0.3 is 14.6 Å². The zero-order valence-corrected chi connectivity index (χ0v) is 30.0. The van der Waals surface area contributed by atoms with Crippen LogP contribution in [0.25, 0.3) is 9.69 Å². The SMILES string of the molecule is [C-]#[N+]c1ccc(Oc2ccc(C(F)(F)C(=O)c3ccc(F)cc3F)nc2)cc1.[C-]#[N+]c1ccc(Oc2ccc(C(F)(F)C(O)(C[N+](=O)[O-])c3ccc(F)cc3F)nc2)cc1. The van der Waals surface area contributed by atoms with Crippen molar-refractivity contribution in [3.05, 3.63) is 200 Å². The number of alkyl halides is 4. The average Bonchev–Trinajstić information content (AvgIpc) is 3.21. The molecule has 1 N–H and O–H groups in total. The first-order valence-electron chi connectivity index (χ1n) is 16.7. The van der Waals surface area contributed by atoms with Crippen molar-refractivity contribution in [3.8, 4) is 23.0 Å². The number of ether oxygens (including phenoxy) is 2. The number of carbonyl (C=O) groups is 1. The molecule has 1 atom stereocenters. The van der Waals surface area contributed by atoms with Gasteiger partial charge in [0, 0.05) is 22.6 Å². The summed E-state index contributed by atoms with van der Waals surface area (Å²) in [5, 5.41) is 21.6. The molecular weight excluding hydrogens is 810 g/mol. The first-order valence-corrected chi connectivity index (χ1v) is 16.7. The molecule has 60 heavy (non-hydrogen) atoms. The van der Waals surface area contributed by atoms with Crippen LogP contribution in [-0.2, 0) is 17.4 Å². The molecule has 1 unspecified atom stereocenters. The number of nitrogens with zero attached hydrogens (tertiary/aromatic N) is 5. The number of ketones is 1. The second-order valence-corrected chi connectivity index (χ2v) is 12.3. The van der Waals surface area contributed by atoms with Crippen LogP contribution in [0.15, 0.2) is 122 Å². The van der Waals surface area contributed by atoms with Crippen molar-refractivity contribution in [2.24, 2.45) is 0 Å². The molecule has 6 rings (SSSR count). The van der Waals surface area contributed by atoms with Crippen molar-refractivity contribution in [1.82, 2.24) is 9.97 Å². The Hall–Kier alpha value is -7.77. The number of rotatable bonds is 12. The van der Waals surface area contributed by atoms with Crippen LogP contribution in [0.4, 0.5) is 46.5 Å². The smallest absolute Gasteiger partial charge is 0.351 e. The summed E-state index contributed by atoms with van der Waals surface area (Å²) in [6, 6.07) is 19.0. The van der Waals surface area contributed by atoms with E-state index in [-0.39, 0.29) is 23.3 Å². The number of Topliss-reactive ketones (excluding diaryl/α,β-unsaturated/α-hetero) is 1. The number of benzene rings is 4. The lowest BCUT2D eigenvalue weighted by Gasteiger charge is -2.32. The molecular formula is C41H23F8N5O6. The van der Waals surface area contributed by atoms with Gasteiger partial charge in [-0.2, -0.15) is 17.6 Å². The Morgan fingerprint density at radius 2 is 1.12 bits per heavy atom. The molecule has 11 nitrogen and oxygen atoms in total. The van der Waals surface area contributed by atoms with Crippen molar-refractivity contribution in [3.63, 3.8) is 0 Å². The zero-order valence-electron chi connectivity index (χ0n) is 30.0. The Morgan fingerprint density at radius 1 is 0.667 bits per heavy atom. The van der Waals surface area contributed by atoms with Crippen LogP contribution in [0.2, 0.25) is 0 Å². The molecule has 0 aliphatic heterocycles. The minimum atomic E-state index is -4.44. The number of hydrogen-bond donors (Lipinski definition) is 1. The molecule has 6 aromatic rings. The fourth-order valence-corrected chi connectivity index (χ4v) is 5.24. The topological polar surface area (TPSA) is 133 Å². The van der Waals surface area contributed by atoms with E-state index in [1.807, 2.05) is 0 Å². The Bertz CT molecular complexity index is 2600. The summed E-state index contributed by atoms with van der Waals surface area (Å²) in [7, 11) is 0. The minimum absolute atomic E-state index is 0.0193. The summed E-state index contributed by atoms with van der Waals surface area (Å²) in [6.45, 7) is 12.0. The number of aromatic nitrogens is 2. The first-order chi connectivity index (χ1) is 28.4. The fraction of sp³-hybridized carbons (Fsp3) is 0.0976. The van der Waals surface area contributed by atoms with E-state index >= 15 is 8.78 Å². The van der Waals surface area contributed by atoms with E-state index < -0.39 is 80.5 Å². The quantitative estimate of drug-likeness (QED) is 0.0424. The van der Waals surface area contributed by atoms with E-state index in [1.54, 1.807) is 0 Å². The van der Waals surface area contributed by atoms with Gasteiger partial charge in [0.15, 0.2) is 11.4 Å². The zero-order chi connectivity index (χ0) is 43.8. The number of hydrogen-bond acceptors (Lipinski definition) is 8. The monoisotopic (exact) mass is 833 g/mol. The van der Waals surface area contributed by atoms with Gasteiger partial charge in [0.25, 0.3) is 0 Å². The number of nitro groups is 1. The summed E-state index contributed by atoms with van der Waals surface area (Å²) in [5.74, 6) is -14.6. The maximum atomic E-state index is 15.2. The van der Waals surface area contributed by atoms with Crippen LogP contribution < -0.4 is 9.47 Å². The lowest BCUT2D eigenvalue weighted by Crippen LogP contribution is -2.49. The fourth-order valence-electron chi connectivity index (χ4n) is 5.24. The average molecular weight is 834 g/mol. The summed E-state index contributed by atoms with van der Waals surface area (Å²) in [6.07, 6.45) is 1.87. The summed E-state index contributed by atoms with van der Waals surface area (Å²) < 4.78 is 124. The molecule has 304 valence electrons. The number of carbonyl (C=O) groups excluding carboxylic acids is 1. The number of halogens is 8. The number of pyridine rings is 2. The molecule has 0 spiro atoms.